The fourth-order valence-electron chi connectivity index (χ4n) is 0.972. The van der Waals surface area contributed by atoms with E-state index in [1.807, 2.05) is 6.92 Å². The second-order valence-electron chi connectivity index (χ2n) is 4.09. The van der Waals surface area contributed by atoms with Gasteiger partial charge in [-0.3, -0.25) is 4.89 Å². The average Bonchev–Trinajstić information content (AvgIpc) is 2.35. The van der Waals surface area contributed by atoms with Gasteiger partial charge in [-0.1, -0.05) is 19.9 Å². The quantitative estimate of drug-likeness (QED) is 0.161. The zero-order valence-corrected chi connectivity index (χ0v) is 12.3. The van der Waals surface area contributed by atoms with E-state index in [4.69, 9.17) is 14.2 Å². The summed E-state index contributed by atoms with van der Waals surface area (Å²) in [5, 5.41) is 0. The first-order valence-corrected chi connectivity index (χ1v) is 6.38. The lowest BCUT2D eigenvalue weighted by molar-refractivity contribution is -0.363. The molecule has 0 saturated carbocycles. The third kappa shape index (κ3) is 9.35. The van der Waals surface area contributed by atoms with E-state index in [-0.39, 0.29) is 5.57 Å². The molecule has 0 N–H and O–H groups in total. The van der Waals surface area contributed by atoms with Crippen LogP contribution in [0.2, 0.25) is 0 Å². The predicted octanol–water partition coefficient (Wildman–Crippen LogP) is 2.70. The van der Waals surface area contributed by atoms with Crippen LogP contribution in [0.5, 0.6) is 0 Å². The summed E-state index contributed by atoms with van der Waals surface area (Å²) in [5.74, 6) is -0.701. The van der Waals surface area contributed by atoms with Gasteiger partial charge in [-0.05, 0) is 27.2 Å². The van der Waals surface area contributed by atoms with E-state index in [2.05, 4.69) is 16.4 Å². The maximum absolute atomic E-state index is 11.2. The van der Waals surface area contributed by atoms with Gasteiger partial charge in [0.25, 0.3) is 0 Å². The van der Waals surface area contributed by atoms with Crippen LogP contribution in [0.3, 0.4) is 0 Å². The molecule has 20 heavy (non-hydrogen) atoms. The van der Waals surface area contributed by atoms with Gasteiger partial charge in [0.1, 0.15) is 0 Å². The van der Waals surface area contributed by atoms with Crippen LogP contribution >= 0.6 is 0 Å². The lowest BCUT2D eigenvalue weighted by Crippen LogP contribution is -2.26. The Hall–Kier alpha value is -1.60. The van der Waals surface area contributed by atoms with E-state index in [1.54, 1.807) is 0 Å². The van der Waals surface area contributed by atoms with Gasteiger partial charge in [-0.2, -0.15) is 4.89 Å². The molecule has 0 radical (unpaired) electrons. The summed E-state index contributed by atoms with van der Waals surface area (Å²) in [4.78, 5) is 31.3. The first kappa shape index (κ1) is 18.4. The lowest BCUT2D eigenvalue weighted by atomic mass is 10.4. The van der Waals surface area contributed by atoms with Gasteiger partial charge in [0.15, 0.2) is 0 Å². The van der Waals surface area contributed by atoms with Gasteiger partial charge < -0.3 is 14.2 Å². The number of hydrogen-bond acceptors (Lipinski definition) is 7. The zero-order valence-electron chi connectivity index (χ0n) is 12.3. The number of unbranched alkanes of at least 4 members (excludes halogenated alkanes) is 1. The molecular formula is C13H22O7. The Morgan fingerprint density at radius 3 is 2.40 bits per heavy atom. The van der Waals surface area contributed by atoms with Crippen molar-refractivity contribution in [2.24, 2.45) is 0 Å². The minimum atomic E-state index is -0.906. The first-order valence-electron chi connectivity index (χ1n) is 6.38. The summed E-state index contributed by atoms with van der Waals surface area (Å²) in [5.41, 5.74) is 0.195. The molecule has 0 aliphatic rings. The van der Waals surface area contributed by atoms with E-state index in [0.717, 1.165) is 12.8 Å². The molecule has 0 aliphatic carbocycles. The van der Waals surface area contributed by atoms with Gasteiger partial charge in [-0.25, -0.2) is 9.59 Å². The Morgan fingerprint density at radius 2 is 1.85 bits per heavy atom. The van der Waals surface area contributed by atoms with Crippen molar-refractivity contribution in [2.75, 3.05) is 6.61 Å². The van der Waals surface area contributed by atoms with Crippen molar-refractivity contribution in [3.63, 3.8) is 0 Å². The van der Waals surface area contributed by atoms with Crippen molar-refractivity contribution in [2.45, 2.75) is 53.1 Å². The van der Waals surface area contributed by atoms with Gasteiger partial charge in [0.2, 0.25) is 12.6 Å². The minimum Gasteiger partial charge on any atom is -0.434 e. The Labute approximate surface area is 118 Å². The molecule has 0 fully saturated rings. The standard InChI is InChI=1S/C13H22O7/c1-6-7-8-16-13(15)18-10(4)17-11(5)19-20-12(14)9(2)3/h10-11H,2,6-8H2,1,3-5H3. The number of ether oxygens (including phenoxy) is 3. The third-order valence-electron chi connectivity index (χ3n) is 1.97. The molecule has 0 heterocycles. The molecule has 2 unspecified atom stereocenters. The van der Waals surface area contributed by atoms with Crippen molar-refractivity contribution in [3.05, 3.63) is 12.2 Å². The van der Waals surface area contributed by atoms with Crippen LogP contribution in [0.25, 0.3) is 0 Å². The van der Waals surface area contributed by atoms with Crippen molar-refractivity contribution in [3.8, 4) is 0 Å². The summed E-state index contributed by atoms with van der Waals surface area (Å²) >= 11 is 0. The van der Waals surface area contributed by atoms with Crippen LogP contribution in [-0.2, 0) is 28.8 Å². The predicted molar refractivity (Wildman–Crippen MR) is 69.3 cm³/mol. The van der Waals surface area contributed by atoms with Crippen LogP contribution < -0.4 is 0 Å². The highest BCUT2D eigenvalue weighted by molar-refractivity contribution is 5.86. The van der Waals surface area contributed by atoms with Crippen LogP contribution in [-0.4, -0.2) is 31.3 Å². The molecule has 116 valence electrons. The summed E-state index contributed by atoms with van der Waals surface area (Å²) in [7, 11) is 0. The van der Waals surface area contributed by atoms with Crippen molar-refractivity contribution >= 4 is 12.1 Å². The molecule has 0 aromatic rings. The van der Waals surface area contributed by atoms with Crippen molar-refractivity contribution < 1.29 is 33.6 Å². The molecule has 0 aliphatic heterocycles. The molecule has 0 amide bonds. The summed E-state index contributed by atoms with van der Waals surface area (Å²) in [6, 6.07) is 0. The van der Waals surface area contributed by atoms with Crippen LogP contribution in [0.15, 0.2) is 12.2 Å². The maximum Gasteiger partial charge on any atom is 0.510 e. The molecule has 0 aromatic carbocycles. The molecule has 7 nitrogen and oxygen atoms in total. The van der Waals surface area contributed by atoms with E-state index < -0.39 is 24.7 Å². The lowest BCUT2D eigenvalue weighted by Gasteiger charge is -2.18. The number of hydrogen-bond donors (Lipinski definition) is 0. The summed E-state index contributed by atoms with van der Waals surface area (Å²) in [6.07, 6.45) is -0.949. The molecule has 0 bridgehead atoms. The summed E-state index contributed by atoms with van der Waals surface area (Å²) in [6.45, 7) is 10.1. The molecule has 0 spiro atoms. The van der Waals surface area contributed by atoms with Crippen LogP contribution in [0.4, 0.5) is 4.79 Å². The largest absolute Gasteiger partial charge is 0.510 e. The van der Waals surface area contributed by atoms with E-state index in [1.165, 1.54) is 20.8 Å². The van der Waals surface area contributed by atoms with Gasteiger partial charge >= 0.3 is 12.1 Å². The molecule has 0 saturated heterocycles. The summed E-state index contributed by atoms with van der Waals surface area (Å²) < 4.78 is 14.7. The van der Waals surface area contributed by atoms with Gasteiger partial charge in [0, 0.05) is 5.57 Å². The van der Waals surface area contributed by atoms with Gasteiger partial charge in [0.05, 0.1) is 6.61 Å². The maximum atomic E-state index is 11.2. The fourth-order valence-corrected chi connectivity index (χ4v) is 0.972. The van der Waals surface area contributed by atoms with Gasteiger partial charge in [-0.15, -0.1) is 0 Å². The molecular weight excluding hydrogens is 268 g/mol. The molecule has 0 aromatic heterocycles. The Morgan fingerprint density at radius 1 is 1.20 bits per heavy atom. The van der Waals surface area contributed by atoms with Crippen molar-refractivity contribution in [1.29, 1.82) is 0 Å². The second-order valence-corrected chi connectivity index (χ2v) is 4.09. The highest BCUT2D eigenvalue weighted by atomic mass is 17.2. The van der Waals surface area contributed by atoms with E-state index in [0.29, 0.717) is 6.61 Å². The number of carbonyl (C=O) groups is 2. The zero-order chi connectivity index (χ0) is 15.5. The normalized spacial score (nSPS) is 13.2. The SMILES string of the molecule is C=C(C)C(=O)OOC(C)OC(C)OC(=O)OCCCC. The highest BCUT2D eigenvalue weighted by Crippen LogP contribution is 2.05. The Balaban J connectivity index is 3.83. The molecule has 2 atom stereocenters. The number of rotatable bonds is 9. The monoisotopic (exact) mass is 290 g/mol. The third-order valence-corrected chi connectivity index (χ3v) is 1.97. The van der Waals surface area contributed by atoms with E-state index in [9.17, 15) is 9.59 Å². The molecule has 7 heteroatoms. The van der Waals surface area contributed by atoms with E-state index >= 15 is 0 Å². The first-order chi connectivity index (χ1) is 9.36. The van der Waals surface area contributed by atoms with Crippen LogP contribution in [0, 0.1) is 0 Å². The smallest absolute Gasteiger partial charge is 0.434 e. The van der Waals surface area contributed by atoms with Crippen molar-refractivity contribution in [1.82, 2.24) is 0 Å². The second kappa shape index (κ2) is 10.2. The Kier molecular flexibility index (Phi) is 9.40. The molecule has 0 rings (SSSR count). The average molecular weight is 290 g/mol. The number of carbonyl (C=O) groups excluding carboxylic acids is 2. The fraction of sp³-hybridized carbons (Fsp3) is 0.692. The topological polar surface area (TPSA) is 80.3 Å². The highest BCUT2D eigenvalue weighted by Gasteiger charge is 2.16. The minimum absolute atomic E-state index is 0.195. The van der Waals surface area contributed by atoms with Crippen LogP contribution in [0.1, 0.15) is 40.5 Å². The Bertz CT molecular complexity index is 327.